The van der Waals surface area contributed by atoms with Crippen LogP contribution >= 0.6 is 0 Å². The summed E-state index contributed by atoms with van der Waals surface area (Å²) in [5, 5.41) is 0.960. The van der Waals surface area contributed by atoms with Crippen molar-refractivity contribution in [3.63, 3.8) is 0 Å². The molecule has 1 aliphatic carbocycles. The van der Waals surface area contributed by atoms with Crippen molar-refractivity contribution in [1.82, 2.24) is 19.5 Å². The highest BCUT2D eigenvalue weighted by Crippen LogP contribution is 2.32. The van der Waals surface area contributed by atoms with E-state index in [1.54, 1.807) is 25.8 Å². The van der Waals surface area contributed by atoms with Gasteiger partial charge in [-0.05, 0) is 37.0 Å². The molecule has 1 saturated heterocycles. The molecule has 29 heavy (non-hydrogen) atoms. The highest BCUT2D eigenvalue weighted by molar-refractivity contribution is 5.86. The normalized spacial score (nSPS) is 17.0. The van der Waals surface area contributed by atoms with Gasteiger partial charge in [0.1, 0.15) is 12.1 Å². The van der Waals surface area contributed by atoms with E-state index in [0.29, 0.717) is 11.8 Å². The molecule has 1 aromatic carbocycles. The van der Waals surface area contributed by atoms with Gasteiger partial charge in [-0.2, -0.15) is 0 Å². The van der Waals surface area contributed by atoms with Crippen LogP contribution in [-0.4, -0.2) is 52.3 Å². The van der Waals surface area contributed by atoms with E-state index in [1.165, 1.54) is 17.4 Å². The van der Waals surface area contributed by atoms with Crippen LogP contribution in [-0.2, 0) is 7.05 Å². The number of benzene rings is 1. The van der Waals surface area contributed by atoms with Gasteiger partial charge in [0, 0.05) is 45.0 Å². The summed E-state index contributed by atoms with van der Waals surface area (Å²) in [5.74, 6) is 2.10. The maximum absolute atomic E-state index is 11.9. The second kappa shape index (κ2) is 7.35. The molecule has 2 aliphatic rings. The summed E-state index contributed by atoms with van der Waals surface area (Å²) in [5.41, 5.74) is 2.00. The average Bonchev–Trinajstić information content (AvgIpc) is 3.58. The van der Waals surface area contributed by atoms with E-state index < -0.39 is 0 Å². The van der Waals surface area contributed by atoms with Gasteiger partial charge in [0.15, 0.2) is 0 Å². The zero-order valence-electron chi connectivity index (χ0n) is 16.5. The van der Waals surface area contributed by atoms with Crippen molar-refractivity contribution in [2.45, 2.75) is 12.8 Å². The first-order valence-electron chi connectivity index (χ1n) is 10.1. The highest BCUT2D eigenvalue weighted by atomic mass is 16.5. The largest absolute Gasteiger partial charge is 0.477 e. The number of ether oxygens (including phenoxy) is 1. The molecule has 1 saturated carbocycles. The summed E-state index contributed by atoms with van der Waals surface area (Å²) in [6.45, 7) is 4.07. The van der Waals surface area contributed by atoms with Crippen molar-refractivity contribution in [1.29, 1.82) is 0 Å². The van der Waals surface area contributed by atoms with E-state index in [2.05, 4.69) is 36.9 Å². The minimum absolute atomic E-state index is 0.0364. The molecule has 8 nitrogen and oxygen atoms in total. The van der Waals surface area contributed by atoms with E-state index in [4.69, 9.17) is 4.74 Å². The van der Waals surface area contributed by atoms with Crippen molar-refractivity contribution >= 4 is 22.4 Å². The maximum Gasteiger partial charge on any atom is 0.255 e. The Morgan fingerprint density at radius 1 is 1.03 bits per heavy atom. The molecule has 3 heterocycles. The zero-order chi connectivity index (χ0) is 19.8. The third-order valence-electron chi connectivity index (χ3n) is 5.67. The summed E-state index contributed by atoms with van der Waals surface area (Å²) in [6, 6.07) is 7.87. The van der Waals surface area contributed by atoms with Gasteiger partial charge in [-0.25, -0.2) is 15.0 Å². The van der Waals surface area contributed by atoms with E-state index in [0.717, 1.165) is 55.2 Å². The summed E-state index contributed by atoms with van der Waals surface area (Å²) < 4.78 is 7.45. The molecule has 0 radical (unpaired) electrons. The lowest BCUT2D eigenvalue weighted by Gasteiger charge is -2.36. The summed E-state index contributed by atoms with van der Waals surface area (Å²) in [7, 11) is 1.71. The average molecular weight is 392 g/mol. The Morgan fingerprint density at radius 2 is 1.83 bits per heavy atom. The molecule has 150 valence electrons. The lowest BCUT2D eigenvalue weighted by molar-refractivity contribution is 0.292. The van der Waals surface area contributed by atoms with E-state index in [1.807, 2.05) is 6.07 Å². The maximum atomic E-state index is 11.9. The minimum atomic E-state index is -0.0364. The molecule has 0 unspecified atom stereocenters. The standard InChI is InChI=1S/C21H24N6O2/c1-25-14-24-19(11-20(25)28)27-8-6-26(7-9-27)16-4-5-18-17(10-16)21(23-13-22-18)29-12-15-2-3-15/h4-5,10-11,13-15H,2-3,6-9,12H2,1H3. The highest BCUT2D eigenvalue weighted by Gasteiger charge is 2.23. The summed E-state index contributed by atoms with van der Waals surface area (Å²) in [4.78, 5) is 29.5. The monoisotopic (exact) mass is 392 g/mol. The first kappa shape index (κ1) is 17.9. The quantitative estimate of drug-likeness (QED) is 0.656. The van der Waals surface area contributed by atoms with Gasteiger partial charge >= 0.3 is 0 Å². The second-order valence-corrected chi connectivity index (χ2v) is 7.80. The van der Waals surface area contributed by atoms with Gasteiger partial charge in [0.2, 0.25) is 5.88 Å². The Labute approximate surface area is 168 Å². The van der Waals surface area contributed by atoms with Crippen LogP contribution in [0.5, 0.6) is 5.88 Å². The number of hydrogen-bond acceptors (Lipinski definition) is 7. The summed E-state index contributed by atoms with van der Waals surface area (Å²) in [6.07, 6.45) is 5.65. The Bertz CT molecular complexity index is 1090. The van der Waals surface area contributed by atoms with E-state index in [-0.39, 0.29) is 5.56 Å². The van der Waals surface area contributed by atoms with Gasteiger partial charge in [-0.3, -0.25) is 4.79 Å². The molecule has 0 atom stereocenters. The van der Waals surface area contributed by atoms with Crippen molar-refractivity contribution in [3.05, 3.63) is 47.3 Å². The topological polar surface area (TPSA) is 76.4 Å². The molecule has 5 rings (SSSR count). The van der Waals surface area contributed by atoms with E-state index in [9.17, 15) is 4.79 Å². The first-order chi connectivity index (χ1) is 14.2. The van der Waals surface area contributed by atoms with Crippen LogP contribution in [0, 0.1) is 5.92 Å². The van der Waals surface area contributed by atoms with Gasteiger partial charge in [-0.1, -0.05) is 0 Å². The number of aromatic nitrogens is 4. The van der Waals surface area contributed by atoms with Crippen LogP contribution in [0.15, 0.2) is 41.7 Å². The number of nitrogens with zero attached hydrogens (tertiary/aromatic N) is 6. The second-order valence-electron chi connectivity index (χ2n) is 7.80. The van der Waals surface area contributed by atoms with Crippen LogP contribution in [0.1, 0.15) is 12.8 Å². The summed E-state index contributed by atoms with van der Waals surface area (Å²) >= 11 is 0. The molecule has 3 aromatic rings. The molecular weight excluding hydrogens is 368 g/mol. The smallest absolute Gasteiger partial charge is 0.255 e. The SMILES string of the molecule is Cn1cnc(N2CCN(c3ccc4ncnc(OCC5CC5)c4c3)CC2)cc1=O. The van der Waals surface area contributed by atoms with Crippen molar-refractivity contribution in [2.24, 2.45) is 13.0 Å². The molecule has 8 heteroatoms. The number of rotatable bonds is 5. The Kier molecular flexibility index (Phi) is 4.54. The van der Waals surface area contributed by atoms with Crippen LogP contribution in [0.3, 0.4) is 0 Å². The molecule has 0 amide bonds. The molecule has 0 spiro atoms. The third-order valence-corrected chi connectivity index (χ3v) is 5.67. The van der Waals surface area contributed by atoms with Crippen LogP contribution < -0.4 is 20.1 Å². The number of fused-ring (bicyclic) bond motifs is 1. The lowest BCUT2D eigenvalue weighted by Crippen LogP contribution is -2.47. The predicted octanol–water partition coefficient (Wildman–Crippen LogP) is 1.84. The van der Waals surface area contributed by atoms with Crippen molar-refractivity contribution < 1.29 is 4.74 Å². The molecule has 2 fully saturated rings. The molecule has 1 aliphatic heterocycles. The van der Waals surface area contributed by atoms with E-state index >= 15 is 0 Å². The predicted molar refractivity (Wildman–Crippen MR) is 112 cm³/mol. The molecular formula is C21H24N6O2. The molecule has 0 N–H and O–H groups in total. The van der Waals surface area contributed by atoms with Crippen LogP contribution in [0.4, 0.5) is 11.5 Å². The Balaban J connectivity index is 1.32. The van der Waals surface area contributed by atoms with Gasteiger partial charge in [-0.15, -0.1) is 0 Å². The first-order valence-corrected chi connectivity index (χ1v) is 10.1. The minimum Gasteiger partial charge on any atom is -0.477 e. The molecule has 0 bridgehead atoms. The Morgan fingerprint density at radius 3 is 2.59 bits per heavy atom. The van der Waals surface area contributed by atoms with Crippen molar-refractivity contribution in [2.75, 3.05) is 42.6 Å². The Hall–Kier alpha value is -3.16. The number of piperazine rings is 1. The third kappa shape index (κ3) is 3.74. The number of anilines is 2. The lowest BCUT2D eigenvalue weighted by atomic mass is 10.2. The molecule has 2 aromatic heterocycles. The number of aryl methyl sites for hydroxylation is 1. The van der Waals surface area contributed by atoms with Crippen molar-refractivity contribution in [3.8, 4) is 5.88 Å². The number of hydrogen-bond donors (Lipinski definition) is 0. The fourth-order valence-electron chi connectivity index (χ4n) is 3.63. The van der Waals surface area contributed by atoms with Crippen LogP contribution in [0.25, 0.3) is 10.9 Å². The fraction of sp³-hybridized carbons (Fsp3) is 0.429. The van der Waals surface area contributed by atoms with Gasteiger partial charge < -0.3 is 19.1 Å². The van der Waals surface area contributed by atoms with Crippen LogP contribution in [0.2, 0.25) is 0 Å². The zero-order valence-corrected chi connectivity index (χ0v) is 16.5. The fourth-order valence-corrected chi connectivity index (χ4v) is 3.63. The van der Waals surface area contributed by atoms with Gasteiger partial charge in [0.25, 0.3) is 5.56 Å². The van der Waals surface area contributed by atoms with Gasteiger partial charge in [0.05, 0.1) is 23.8 Å².